The summed E-state index contributed by atoms with van der Waals surface area (Å²) >= 11 is 3.87. The van der Waals surface area contributed by atoms with Gasteiger partial charge in [-0.2, -0.15) is 0 Å². The first kappa shape index (κ1) is 13.0. The minimum Gasteiger partial charge on any atom is -0.508 e. The second-order valence-electron chi connectivity index (χ2n) is 6.81. The third kappa shape index (κ3) is 1.61. The second kappa shape index (κ2) is 4.14. The van der Waals surface area contributed by atoms with Crippen LogP contribution in [0.1, 0.15) is 42.1 Å². The van der Waals surface area contributed by atoms with Crippen LogP contribution in [-0.4, -0.2) is 24.9 Å². The Kier molecular flexibility index (Phi) is 2.68. The minimum atomic E-state index is 0.119. The van der Waals surface area contributed by atoms with Gasteiger partial charge in [0.25, 0.3) is 0 Å². The van der Waals surface area contributed by atoms with Gasteiger partial charge in [-0.25, -0.2) is 0 Å². The number of fused-ring (bicyclic) bond motifs is 3. The standard InChI is InChI=1S/C16H21BrN2O/c1-16-5-6-18-15(16)19(2)14-11(13(17)9-3-4-9)7-10(20)8-12(14)16/h7-9,13,15,18,20H,3-6H2,1-2H3/t13-,15?,16?/m0/s1. The predicted molar refractivity (Wildman–Crippen MR) is 84.7 cm³/mol. The van der Waals surface area contributed by atoms with Gasteiger partial charge in [0.05, 0.1) is 6.17 Å². The van der Waals surface area contributed by atoms with Crippen LogP contribution >= 0.6 is 15.9 Å². The number of alkyl halides is 1. The highest BCUT2D eigenvalue weighted by atomic mass is 79.9. The number of anilines is 1. The van der Waals surface area contributed by atoms with Gasteiger partial charge in [-0.3, -0.25) is 5.32 Å². The van der Waals surface area contributed by atoms with Gasteiger partial charge in [0.2, 0.25) is 0 Å². The first-order chi connectivity index (χ1) is 9.52. The average molecular weight is 337 g/mol. The van der Waals surface area contributed by atoms with Crippen LogP contribution in [0.25, 0.3) is 0 Å². The number of nitrogens with zero attached hydrogens (tertiary/aromatic N) is 1. The molecule has 1 aromatic rings. The molecule has 1 aliphatic carbocycles. The van der Waals surface area contributed by atoms with E-state index in [0.29, 0.717) is 16.7 Å². The normalized spacial score (nSPS) is 33.1. The zero-order valence-corrected chi connectivity index (χ0v) is 13.6. The molecule has 3 nitrogen and oxygen atoms in total. The van der Waals surface area contributed by atoms with Crippen LogP contribution in [0.2, 0.25) is 0 Å². The zero-order valence-electron chi connectivity index (χ0n) is 12.0. The molecule has 1 aromatic carbocycles. The number of benzene rings is 1. The first-order valence-electron chi connectivity index (χ1n) is 7.50. The monoisotopic (exact) mass is 336 g/mol. The summed E-state index contributed by atoms with van der Waals surface area (Å²) in [5, 5.41) is 13.8. The summed E-state index contributed by atoms with van der Waals surface area (Å²) in [5.41, 5.74) is 4.03. The SMILES string of the molecule is CN1c2c([C@@H](Br)C3CC3)cc(O)cc2C2(C)CCNC12. The van der Waals surface area contributed by atoms with Crippen LogP contribution < -0.4 is 10.2 Å². The van der Waals surface area contributed by atoms with Gasteiger partial charge in [0.1, 0.15) is 5.75 Å². The van der Waals surface area contributed by atoms with Crippen LogP contribution in [0.3, 0.4) is 0 Å². The van der Waals surface area contributed by atoms with Crippen molar-refractivity contribution in [3.05, 3.63) is 23.3 Å². The zero-order chi connectivity index (χ0) is 14.1. The molecular formula is C16H21BrN2O. The third-order valence-electron chi connectivity index (χ3n) is 5.40. The lowest BCUT2D eigenvalue weighted by molar-refractivity contribution is 0.427. The quantitative estimate of drug-likeness (QED) is 0.813. The summed E-state index contributed by atoms with van der Waals surface area (Å²) in [6.07, 6.45) is 4.08. The van der Waals surface area contributed by atoms with Gasteiger partial charge in [-0.1, -0.05) is 22.9 Å². The fourth-order valence-corrected chi connectivity index (χ4v) is 5.01. The molecule has 4 rings (SSSR count). The van der Waals surface area contributed by atoms with Gasteiger partial charge < -0.3 is 10.0 Å². The Hall–Kier alpha value is -0.740. The summed E-state index contributed by atoms with van der Waals surface area (Å²) < 4.78 is 0. The van der Waals surface area contributed by atoms with Crippen molar-refractivity contribution in [2.24, 2.45) is 5.92 Å². The largest absolute Gasteiger partial charge is 0.508 e. The van der Waals surface area contributed by atoms with Crippen LogP contribution in [0.4, 0.5) is 5.69 Å². The molecule has 3 atom stereocenters. The van der Waals surface area contributed by atoms with Crippen LogP contribution in [0.5, 0.6) is 5.75 Å². The van der Waals surface area contributed by atoms with E-state index in [2.05, 4.69) is 40.1 Å². The maximum Gasteiger partial charge on any atom is 0.116 e. The summed E-state index contributed by atoms with van der Waals surface area (Å²) in [6, 6.07) is 3.94. The molecule has 2 N–H and O–H groups in total. The minimum absolute atomic E-state index is 0.119. The predicted octanol–water partition coefficient (Wildman–Crippen LogP) is 3.27. The lowest BCUT2D eigenvalue weighted by Gasteiger charge is -2.28. The van der Waals surface area contributed by atoms with E-state index in [1.165, 1.54) is 29.7 Å². The van der Waals surface area contributed by atoms with E-state index in [9.17, 15) is 5.11 Å². The molecule has 0 bridgehead atoms. The Morgan fingerprint density at radius 1 is 1.45 bits per heavy atom. The van der Waals surface area contributed by atoms with Gasteiger partial charge in [0, 0.05) is 23.0 Å². The molecule has 4 heteroatoms. The summed E-state index contributed by atoms with van der Waals surface area (Å²) in [6.45, 7) is 3.37. The fraction of sp³-hybridized carbons (Fsp3) is 0.625. The highest BCUT2D eigenvalue weighted by molar-refractivity contribution is 9.09. The number of rotatable bonds is 2. The summed E-state index contributed by atoms with van der Waals surface area (Å²) in [5.74, 6) is 1.14. The van der Waals surface area contributed by atoms with Crippen molar-refractivity contribution in [2.75, 3.05) is 18.5 Å². The highest BCUT2D eigenvalue weighted by Crippen LogP contribution is 2.56. The Morgan fingerprint density at radius 2 is 2.20 bits per heavy atom. The lowest BCUT2D eigenvalue weighted by Crippen LogP contribution is -2.44. The molecule has 0 radical (unpaired) electrons. The van der Waals surface area contributed by atoms with E-state index in [4.69, 9.17) is 0 Å². The Bertz CT molecular complexity index is 572. The molecule has 2 aliphatic heterocycles. The maximum atomic E-state index is 10.2. The second-order valence-corrected chi connectivity index (χ2v) is 7.79. The number of hydrogen-bond donors (Lipinski definition) is 2. The molecule has 108 valence electrons. The van der Waals surface area contributed by atoms with Crippen LogP contribution in [-0.2, 0) is 5.41 Å². The van der Waals surface area contributed by atoms with E-state index in [1.54, 1.807) is 0 Å². The molecule has 0 amide bonds. The number of likely N-dealkylation sites (N-methyl/N-ethyl adjacent to an activating group) is 1. The van der Waals surface area contributed by atoms with Gasteiger partial charge in [-0.05, 0) is 55.0 Å². The Balaban J connectivity index is 1.90. The van der Waals surface area contributed by atoms with Crippen molar-refractivity contribution in [3.63, 3.8) is 0 Å². The molecule has 2 fully saturated rings. The average Bonchev–Trinajstić information content (AvgIpc) is 3.15. The van der Waals surface area contributed by atoms with Gasteiger partial charge in [0.15, 0.2) is 0 Å². The number of hydrogen-bond acceptors (Lipinski definition) is 3. The number of phenols is 1. The fourth-order valence-electron chi connectivity index (χ4n) is 4.13. The summed E-state index contributed by atoms with van der Waals surface area (Å²) in [4.78, 5) is 2.75. The molecule has 20 heavy (non-hydrogen) atoms. The molecule has 3 aliphatic rings. The summed E-state index contributed by atoms with van der Waals surface area (Å²) in [7, 11) is 2.18. The van der Waals surface area contributed by atoms with Crippen molar-refractivity contribution in [1.29, 1.82) is 0 Å². The van der Waals surface area contributed by atoms with Crippen LogP contribution in [0.15, 0.2) is 12.1 Å². The molecule has 2 unspecified atom stereocenters. The van der Waals surface area contributed by atoms with Crippen molar-refractivity contribution in [2.45, 2.75) is 42.6 Å². The smallest absolute Gasteiger partial charge is 0.116 e. The first-order valence-corrected chi connectivity index (χ1v) is 8.41. The number of halogens is 1. The van der Waals surface area contributed by atoms with Crippen molar-refractivity contribution >= 4 is 21.6 Å². The van der Waals surface area contributed by atoms with E-state index in [0.717, 1.165) is 18.9 Å². The molecule has 0 aromatic heterocycles. The highest BCUT2D eigenvalue weighted by Gasteiger charge is 2.51. The van der Waals surface area contributed by atoms with E-state index >= 15 is 0 Å². The third-order valence-corrected chi connectivity index (χ3v) is 6.64. The number of phenolic OH excluding ortho intramolecular Hbond substituents is 1. The van der Waals surface area contributed by atoms with Crippen LogP contribution in [0, 0.1) is 5.92 Å². The Morgan fingerprint density at radius 3 is 2.90 bits per heavy atom. The molecule has 2 heterocycles. The van der Waals surface area contributed by atoms with E-state index in [1.807, 2.05) is 12.1 Å². The number of aromatic hydroxyl groups is 1. The molecular weight excluding hydrogens is 316 g/mol. The van der Waals surface area contributed by atoms with E-state index < -0.39 is 0 Å². The van der Waals surface area contributed by atoms with Gasteiger partial charge in [-0.15, -0.1) is 0 Å². The molecule has 1 saturated heterocycles. The number of nitrogens with one attached hydrogen (secondary N) is 1. The van der Waals surface area contributed by atoms with Crippen molar-refractivity contribution in [1.82, 2.24) is 5.32 Å². The Labute approximate surface area is 128 Å². The topological polar surface area (TPSA) is 35.5 Å². The van der Waals surface area contributed by atoms with Gasteiger partial charge >= 0.3 is 0 Å². The maximum absolute atomic E-state index is 10.2. The lowest BCUT2D eigenvalue weighted by atomic mass is 9.80. The van der Waals surface area contributed by atoms with E-state index in [-0.39, 0.29) is 5.41 Å². The van der Waals surface area contributed by atoms with Crippen molar-refractivity contribution < 1.29 is 5.11 Å². The molecule has 0 spiro atoms. The van der Waals surface area contributed by atoms with Crippen molar-refractivity contribution in [3.8, 4) is 5.75 Å². The molecule has 1 saturated carbocycles.